The Morgan fingerprint density at radius 1 is 1.32 bits per heavy atom. The molecule has 100 valence electrons. The van der Waals surface area contributed by atoms with E-state index < -0.39 is 0 Å². The second-order valence-corrected chi connectivity index (χ2v) is 4.21. The number of rotatable bonds is 7. The third-order valence-corrected chi connectivity index (χ3v) is 2.26. The standard InChI is InChI=1S/C17H20O2/c1-4-11-18-12-7-10-16-8-5-6-9-17(16)14-19-13-15(2)3/h4-6,8-9H,1-2,11-14H2,3H3. The Balaban J connectivity index is 2.56. The van der Waals surface area contributed by atoms with Gasteiger partial charge in [-0.1, -0.05) is 48.3 Å². The minimum atomic E-state index is 0.410. The maximum Gasteiger partial charge on any atom is 0.108 e. The summed E-state index contributed by atoms with van der Waals surface area (Å²) in [7, 11) is 0. The molecule has 0 spiro atoms. The van der Waals surface area contributed by atoms with E-state index in [0.29, 0.717) is 26.4 Å². The highest BCUT2D eigenvalue weighted by molar-refractivity contribution is 5.41. The van der Waals surface area contributed by atoms with Gasteiger partial charge in [-0.15, -0.1) is 6.58 Å². The van der Waals surface area contributed by atoms with Crippen LogP contribution in [0, 0.1) is 11.8 Å². The summed E-state index contributed by atoms with van der Waals surface area (Å²) in [4.78, 5) is 0. The lowest BCUT2D eigenvalue weighted by atomic mass is 10.1. The van der Waals surface area contributed by atoms with Crippen LogP contribution in [0.3, 0.4) is 0 Å². The lowest BCUT2D eigenvalue weighted by Crippen LogP contribution is -1.98. The highest BCUT2D eigenvalue weighted by Crippen LogP contribution is 2.09. The van der Waals surface area contributed by atoms with Gasteiger partial charge in [-0.05, 0) is 18.6 Å². The van der Waals surface area contributed by atoms with Crippen LogP contribution in [0.4, 0.5) is 0 Å². The Bertz CT molecular complexity index is 478. The van der Waals surface area contributed by atoms with Crippen molar-refractivity contribution in [3.05, 3.63) is 60.2 Å². The van der Waals surface area contributed by atoms with E-state index >= 15 is 0 Å². The van der Waals surface area contributed by atoms with Crippen molar-refractivity contribution in [2.45, 2.75) is 13.5 Å². The molecule has 0 amide bonds. The zero-order chi connectivity index (χ0) is 13.9. The van der Waals surface area contributed by atoms with Gasteiger partial charge >= 0.3 is 0 Å². The summed E-state index contributed by atoms with van der Waals surface area (Å²) < 4.78 is 10.8. The van der Waals surface area contributed by atoms with E-state index in [1.165, 1.54) is 0 Å². The lowest BCUT2D eigenvalue weighted by Gasteiger charge is -2.06. The number of hydrogen-bond donors (Lipinski definition) is 0. The highest BCUT2D eigenvalue weighted by Gasteiger charge is 1.99. The molecule has 0 unspecified atom stereocenters. The van der Waals surface area contributed by atoms with Crippen LogP contribution in [-0.2, 0) is 16.1 Å². The molecule has 2 heteroatoms. The van der Waals surface area contributed by atoms with Crippen LogP contribution in [0.25, 0.3) is 0 Å². The zero-order valence-electron chi connectivity index (χ0n) is 11.4. The topological polar surface area (TPSA) is 18.5 Å². The van der Waals surface area contributed by atoms with Gasteiger partial charge in [-0.25, -0.2) is 0 Å². The van der Waals surface area contributed by atoms with Crippen molar-refractivity contribution < 1.29 is 9.47 Å². The lowest BCUT2D eigenvalue weighted by molar-refractivity contribution is 0.142. The molecule has 0 aliphatic heterocycles. The van der Waals surface area contributed by atoms with Crippen molar-refractivity contribution in [1.82, 2.24) is 0 Å². The fourth-order valence-electron chi connectivity index (χ4n) is 1.43. The Hall–Kier alpha value is -1.82. The molecule has 0 saturated heterocycles. The Morgan fingerprint density at radius 3 is 2.84 bits per heavy atom. The molecule has 0 atom stereocenters. The normalized spacial score (nSPS) is 9.53. The number of ether oxygens (including phenoxy) is 2. The summed E-state index contributed by atoms with van der Waals surface area (Å²) in [6, 6.07) is 7.96. The van der Waals surface area contributed by atoms with Crippen LogP contribution in [0.5, 0.6) is 0 Å². The number of benzene rings is 1. The summed E-state index contributed by atoms with van der Waals surface area (Å²) in [6.45, 7) is 11.4. The van der Waals surface area contributed by atoms with E-state index in [1.54, 1.807) is 6.08 Å². The van der Waals surface area contributed by atoms with Crippen molar-refractivity contribution in [2.75, 3.05) is 19.8 Å². The Labute approximate surface area is 115 Å². The second kappa shape index (κ2) is 9.16. The summed E-state index contributed by atoms with van der Waals surface area (Å²) in [5.41, 5.74) is 3.08. The van der Waals surface area contributed by atoms with Gasteiger partial charge < -0.3 is 9.47 Å². The van der Waals surface area contributed by atoms with E-state index in [2.05, 4.69) is 25.0 Å². The Morgan fingerprint density at radius 2 is 2.11 bits per heavy atom. The first-order chi connectivity index (χ1) is 9.24. The number of hydrogen-bond acceptors (Lipinski definition) is 2. The zero-order valence-corrected chi connectivity index (χ0v) is 11.4. The molecular weight excluding hydrogens is 236 g/mol. The van der Waals surface area contributed by atoms with Gasteiger partial charge in [0.1, 0.15) is 6.61 Å². The summed E-state index contributed by atoms with van der Waals surface area (Å²) in [5, 5.41) is 0. The fourth-order valence-corrected chi connectivity index (χ4v) is 1.43. The molecule has 0 radical (unpaired) electrons. The molecule has 0 bridgehead atoms. The summed E-state index contributed by atoms with van der Waals surface area (Å²) in [6.07, 6.45) is 1.71. The monoisotopic (exact) mass is 256 g/mol. The van der Waals surface area contributed by atoms with Crippen LogP contribution >= 0.6 is 0 Å². The van der Waals surface area contributed by atoms with Crippen molar-refractivity contribution in [3.63, 3.8) is 0 Å². The van der Waals surface area contributed by atoms with Crippen molar-refractivity contribution in [2.24, 2.45) is 0 Å². The van der Waals surface area contributed by atoms with Gasteiger partial charge in [-0.3, -0.25) is 0 Å². The van der Waals surface area contributed by atoms with Gasteiger partial charge in [0.2, 0.25) is 0 Å². The molecule has 1 aromatic rings. The highest BCUT2D eigenvalue weighted by atomic mass is 16.5. The molecule has 0 saturated carbocycles. The summed E-state index contributed by atoms with van der Waals surface area (Å²) >= 11 is 0. The molecule has 0 aromatic heterocycles. The van der Waals surface area contributed by atoms with Crippen LogP contribution in [0.2, 0.25) is 0 Å². The molecule has 19 heavy (non-hydrogen) atoms. The maximum absolute atomic E-state index is 5.55. The van der Waals surface area contributed by atoms with E-state index in [-0.39, 0.29) is 0 Å². The maximum atomic E-state index is 5.55. The summed E-state index contributed by atoms with van der Waals surface area (Å²) in [5.74, 6) is 6.08. The van der Waals surface area contributed by atoms with Gasteiger partial charge in [0.15, 0.2) is 0 Å². The van der Waals surface area contributed by atoms with Gasteiger partial charge in [0, 0.05) is 5.56 Å². The van der Waals surface area contributed by atoms with Crippen LogP contribution in [-0.4, -0.2) is 19.8 Å². The van der Waals surface area contributed by atoms with E-state index in [0.717, 1.165) is 16.7 Å². The molecule has 0 aliphatic rings. The first-order valence-corrected chi connectivity index (χ1v) is 6.21. The largest absolute Gasteiger partial charge is 0.372 e. The SMILES string of the molecule is C=CCOCC#Cc1ccccc1COCC(=C)C. The molecule has 1 rings (SSSR count). The fraction of sp³-hybridized carbons (Fsp3) is 0.294. The molecule has 0 N–H and O–H groups in total. The van der Waals surface area contributed by atoms with E-state index in [1.807, 2.05) is 31.2 Å². The van der Waals surface area contributed by atoms with Crippen molar-refractivity contribution >= 4 is 0 Å². The molecule has 2 nitrogen and oxygen atoms in total. The third kappa shape index (κ3) is 6.61. The van der Waals surface area contributed by atoms with Crippen molar-refractivity contribution in [1.29, 1.82) is 0 Å². The van der Waals surface area contributed by atoms with Crippen LogP contribution in [0.15, 0.2) is 49.1 Å². The third-order valence-electron chi connectivity index (χ3n) is 2.26. The van der Waals surface area contributed by atoms with Crippen LogP contribution in [0.1, 0.15) is 18.1 Å². The predicted molar refractivity (Wildman–Crippen MR) is 78.8 cm³/mol. The van der Waals surface area contributed by atoms with E-state index in [4.69, 9.17) is 9.47 Å². The first kappa shape index (κ1) is 15.2. The quantitative estimate of drug-likeness (QED) is 0.423. The van der Waals surface area contributed by atoms with Gasteiger partial charge in [0.05, 0.1) is 19.8 Å². The van der Waals surface area contributed by atoms with Gasteiger partial charge in [0.25, 0.3) is 0 Å². The second-order valence-electron chi connectivity index (χ2n) is 4.21. The molecule has 0 aliphatic carbocycles. The van der Waals surface area contributed by atoms with Gasteiger partial charge in [-0.2, -0.15) is 0 Å². The minimum absolute atomic E-state index is 0.410. The minimum Gasteiger partial charge on any atom is -0.372 e. The van der Waals surface area contributed by atoms with E-state index in [9.17, 15) is 0 Å². The molecule has 0 fully saturated rings. The van der Waals surface area contributed by atoms with Crippen LogP contribution < -0.4 is 0 Å². The predicted octanol–water partition coefficient (Wildman–Crippen LogP) is 3.33. The average molecular weight is 256 g/mol. The average Bonchev–Trinajstić information content (AvgIpc) is 2.40. The first-order valence-electron chi connectivity index (χ1n) is 6.21. The molecule has 1 aromatic carbocycles. The molecular formula is C17H20O2. The smallest absolute Gasteiger partial charge is 0.108 e. The Kier molecular flexibility index (Phi) is 7.34. The molecule has 0 heterocycles. The van der Waals surface area contributed by atoms with Crippen molar-refractivity contribution in [3.8, 4) is 11.8 Å².